The highest BCUT2D eigenvalue weighted by atomic mass is 28.3. The zero-order chi connectivity index (χ0) is 10.1. The molecule has 0 aromatic heterocycles. The first-order valence-corrected chi connectivity index (χ1v) is 6.40. The third-order valence-corrected chi connectivity index (χ3v) is 5.93. The zero-order valence-corrected chi connectivity index (χ0v) is 9.10. The van der Waals surface area contributed by atoms with E-state index >= 15 is 0 Å². The van der Waals surface area contributed by atoms with Crippen LogP contribution in [-0.2, 0) is 4.43 Å². The van der Waals surface area contributed by atoms with Crippen molar-refractivity contribution in [3.8, 4) is 0 Å². The molecular formula is C8H15F3OSi. The van der Waals surface area contributed by atoms with Gasteiger partial charge in [0.05, 0.1) is 0 Å². The first-order valence-electron chi connectivity index (χ1n) is 4.54. The summed E-state index contributed by atoms with van der Waals surface area (Å²) in [5.41, 5.74) is 0. The summed E-state index contributed by atoms with van der Waals surface area (Å²) in [5, 5.41) is -2.41. The van der Waals surface area contributed by atoms with Gasteiger partial charge in [0, 0.05) is 13.5 Å². The zero-order valence-electron chi connectivity index (χ0n) is 7.95. The van der Waals surface area contributed by atoms with Crippen molar-refractivity contribution >= 4 is 9.04 Å². The molecular weight excluding hydrogens is 197 g/mol. The van der Waals surface area contributed by atoms with E-state index in [1.807, 2.05) is 0 Å². The standard InChI is InChI=1S/C8H15F3OSi/c1-7(9,10)8(2,11)13-6-4-3-5-12-13/h13H,3-6H2,1-2H3. The van der Waals surface area contributed by atoms with E-state index in [9.17, 15) is 13.2 Å². The fraction of sp³-hybridized carbons (Fsp3) is 1.00. The van der Waals surface area contributed by atoms with Gasteiger partial charge in [-0.2, -0.15) is 0 Å². The molecule has 1 saturated heterocycles. The highest BCUT2D eigenvalue weighted by Crippen LogP contribution is 2.37. The second-order valence-corrected chi connectivity index (χ2v) is 6.79. The van der Waals surface area contributed by atoms with Crippen molar-refractivity contribution in [1.82, 2.24) is 0 Å². The van der Waals surface area contributed by atoms with Crippen molar-refractivity contribution in [1.29, 1.82) is 0 Å². The monoisotopic (exact) mass is 212 g/mol. The minimum atomic E-state index is -3.28. The van der Waals surface area contributed by atoms with Crippen molar-refractivity contribution in [3.05, 3.63) is 0 Å². The molecule has 0 aromatic rings. The molecule has 0 aromatic carbocycles. The topological polar surface area (TPSA) is 9.23 Å². The van der Waals surface area contributed by atoms with Crippen LogP contribution in [0.4, 0.5) is 13.2 Å². The molecule has 2 unspecified atom stereocenters. The van der Waals surface area contributed by atoms with Gasteiger partial charge in [0.25, 0.3) is 5.92 Å². The smallest absolute Gasteiger partial charge is 0.277 e. The highest BCUT2D eigenvalue weighted by molar-refractivity contribution is 6.55. The Morgan fingerprint density at radius 3 is 2.15 bits per heavy atom. The van der Waals surface area contributed by atoms with Gasteiger partial charge in [-0.3, -0.25) is 0 Å². The summed E-state index contributed by atoms with van der Waals surface area (Å²) in [7, 11) is -2.38. The van der Waals surface area contributed by atoms with Crippen LogP contribution in [0.15, 0.2) is 0 Å². The summed E-state index contributed by atoms with van der Waals surface area (Å²) in [6, 6.07) is 0.524. The Labute approximate surface area is 78.0 Å². The van der Waals surface area contributed by atoms with Crippen molar-refractivity contribution in [2.24, 2.45) is 0 Å². The van der Waals surface area contributed by atoms with Gasteiger partial charge in [0.1, 0.15) is 0 Å². The van der Waals surface area contributed by atoms with Gasteiger partial charge in [0.15, 0.2) is 5.29 Å². The Morgan fingerprint density at radius 1 is 1.15 bits per heavy atom. The number of rotatable bonds is 2. The molecule has 0 spiro atoms. The molecule has 0 bridgehead atoms. The van der Waals surface area contributed by atoms with Crippen LogP contribution >= 0.6 is 0 Å². The SMILES string of the molecule is CC(F)(F)C(C)(F)[SiH]1CCCCO1. The van der Waals surface area contributed by atoms with E-state index in [-0.39, 0.29) is 0 Å². The quantitative estimate of drug-likeness (QED) is 0.639. The summed E-state index contributed by atoms with van der Waals surface area (Å²) >= 11 is 0. The van der Waals surface area contributed by atoms with Gasteiger partial charge in [-0.05, 0) is 19.4 Å². The average Bonchev–Trinajstić information content (AvgIpc) is 2.04. The molecule has 1 heterocycles. The van der Waals surface area contributed by atoms with Crippen LogP contribution in [0.25, 0.3) is 0 Å². The molecule has 1 rings (SSSR count). The van der Waals surface area contributed by atoms with Crippen LogP contribution in [0.1, 0.15) is 26.7 Å². The third-order valence-electron chi connectivity index (χ3n) is 2.64. The maximum absolute atomic E-state index is 13.7. The molecule has 0 aliphatic carbocycles. The second-order valence-electron chi connectivity index (χ2n) is 3.82. The summed E-state index contributed by atoms with van der Waals surface area (Å²) in [5.74, 6) is -3.28. The van der Waals surface area contributed by atoms with Gasteiger partial charge in [-0.25, -0.2) is 13.2 Å². The second kappa shape index (κ2) is 3.61. The fourth-order valence-electron chi connectivity index (χ4n) is 1.45. The Balaban J connectivity index is 2.67. The van der Waals surface area contributed by atoms with Crippen LogP contribution < -0.4 is 0 Å². The molecule has 2 atom stereocenters. The molecule has 0 N–H and O–H groups in total. The molecule has 13 heavy (non-hydrogen) atoms. The van der Waals surface area contributed by atoms with Crippen molar-refractivity contribution in [2.75, 3.05) is 6.61 Å². The summed E-state index contributed by atoms with van der Waals surface area (Å²) < 4.78 is 44.6. The van der Waals surface area contributed by atoms with Crippen LogP contribution in [-0.4, -0.2) is 26.9 Å². The normalized spacial score (nSPS) is 29.8. The van der Waals surface area contributed by atoms with Crippen LogP contribution in [0, 0.1) is 0 Å². The summed E-state index contributed by atoms with van der Waals surface area (Å²) in [6.07, 6.45) is 1.70. The number of halogens is 3. The van der Waals surface area contributed by atoms with E-state index < -0.39 is 20.3 Å². The van der Waals surface area contributed by atoms with Crippen molar-refractivity contribution in [2.45, 2.75) is 43.9 Å². The first-order chi connectivity index (χ1) is 5.86. The van der Waals surface area contributed by atoms with E-state index in [0.717, 1.165) is 19.8 Å². The third kappa shape index (κ3) is 2.25. The maximum Gasteiger partial charge on any atom is 0.277 e. The van der Waals surface area contributed by atoms with E-state index in [1.54, 1.807) is 0 Å². The summed E-state index contributed by atoms with van der Waals surface area (Å²) in [4.78, 5) is 0. The highest BCUT2D eigenvalue weighted by Gasteiger charge is 2.54. The number of alkyl halides is 3. The van der Waals surface area contributed by atoms with Gasteiger partial charge in [0.2, 0.25) is 9.04 Å². The lowest BCUT2D eigenvalue weighted by atomic mass is 10.2. The predicted octanol–water partition coefficient (Wildman–Crippen LogP) is 2.44. The van der Waals surface area contributed by atoms with Crippen molar-refractivity contribution in [3.63, 3.8) is 0 Å². The summed E-state index contributed by atoms with van der Waals surface area (Å²) in [6.45, 7) is 2.07. The number of hydrogen-bond acceptors (Lipinski definition) is 1. The molecule has 0 amide bonds. The lowest BCUT2D eigenvalue weighted by Gasteiger charge is -2.35. The lowest BCUT2D eigenvalue weighted by molar-refractivity contribution is -0.0818. The largest absolute Gasteiger partial charge is 0.416 e. The predicted molar refractivity (Wildman–Crippen MR) is 47.3 cm³/mol. The number of hydrogen-bond donors (Lipinski definition) is 0. The molecule has 1 aliphatic rings. The van der Waals surface area contributed by atoms with Gasteiger partial charge in [-0.1, -0.05) is 6.42 Å². The molecule has 0 radical (unpaired) electrons. The molecule has 78 valence electrons. The lowest BCUT2D eigenvalue weighted by Crippen LogP contribution is -2.54. The van der Waals surface area contributed by atoms with Crippen LogP contribution in [0.5, 0.6) is 0 Å². The fourth-order valence-corrected chi connectivity index (χ4v) is 4.15. The van der Waals surface area contributed by atoms with E-state index in [1.165, 1.54) is 0 Å². The molecule has 1 fully saturated rings. The van der Waals surface area contributed by atoms with Gasteiger partial charge in [-0.15, -0.1) is 0 Å². The Hall–Kier alpha value is -0.0331. The Bertz CT molecular complexity index is 173. The molecule has 1 aliphatic heterocycles. The van der Waals surface area contributed by atoms with E-state index in [4.69, 9.17) is 4.43 Å². The first kappa shape index (κ1) is 11.0. The average molecular weight is 212 g/mol. The minimum Gasteiger partial charge on any atom is -0.416 e. The molecule has 5 heteroatoms. The van der Waals surface area contributed by atoms with Gasteiger partial charge < -0.3 is 4.43 Å². The molecule has 1 nitrogen and oxygen atoms in total. The van der Waals surface area contributed by atoms with Crippen molar-refractivity contribution < 1.29 is 17.6 Å². The van der Waals surface area contributed by atoms with Crippen LogP contribution in [0.3, 0.4) is 0 Å². The van der Waals surface area contributed by atoms with Gasteiger partial charge >= 0.3 is 0 Å². The Kier molecular flexibility index (Phi) is 3.07. The van der Waals surface area contributed by atoms with E-state index in [2.05, 4.69) is 0 Å². The van der Waals surface area contributed by atoms with Crippen LogP contribution in [0.2, 0.25) is 6.04 Å². The minimum absolute atomic E-state index is 0.451. The maximum atomic E-state index is 13.7. The molecule has 0 saturated carbocycles. The van der Waals surface area contributed by atoms with E-state index in [0.29, 0.717) is 19.6 Å². The Morgan fingerprint density at radius 2 is 1.77 bits per heavy atom.